The molecule has 1 aliphatic rings. The summed E-state index contributed by atoms with van der Waals surface area (Å²) in [5.41, 5.74) is 3.22. The second-order valence-electron chi connectivity index (χ2n) is 4.73. The van der Waals surface area contributed by atoms with Crippen LogP contribution in [0.1, 0.15) is 46.4 Å². The Bertz CT molecular complexity index is 582. The molecule has 0 aromatic carbocycles. The molecule has 3 nitrogen and oxygen atoms in total. The highest BCUT2D eigenvalue weighted by Gasteiger charge is 2.19. The smallest absolute Gasteiger partial charge is 0.164 e. The fourth-order valence-electron chi connectivity index (χ4n) is 2.44. The highest BCUT2D eigenvalue weighted by Crippen LogP contribution is 2.22. The topological polar surface area (TPSA) is 34.9 Å². The van der Waals surface area contributed by atoms with E-state index in [9.17, 15) is 4.79 Å². The van der Waals surface area contributed by atoms with Crippen LogP contribution < -0.4 is 0 Å². The molecule has 0 aliphatic heterocycles. The Morgan fingerprint density at radius 3 is 3.00 bits per heavy atom. The van der Waals surface area contributed by atoms with Crippen LogP contribution in [-0.2, 0) is 19.4 Å². The van der Waals surface area contributed by atoms with Gasteiger partial charge in [0.15, 0.2) is 5.78 Å². The fourth-order valence-corrected chi connectivity index (χ4v) is 3.18. The van der Waals surface area contributed by atoms with Crippen LogP contribution in [0.3, 0.4) is 0 Å². The Morgan fingerprint density at radius 2 is 2.28 bits per heavy atom. The van der Waals surface area contributed by atoms with Crippen molar-refractivity contribution in [3.05, 3.63) is 39.6 Å². The minimum atomic E-state index is 0.294. The Labute approximate surface area is 110 Å². The predicted molar refractivity (Wildman–Crippen MR) is 72.3 cm³/mol. The summed E-state index contributed by atoms with van der Waals surface area (Å²) in [7, 11) is 0. The molecule has 2 aromatic heterocycles. The summed E-state index contributed by atoms with van der Waals surface area (Å²) < 4.78 is 2.10. The van der Waals surface area contributed by atoms with Gasteiger partial charge in [-0.15, -0.1) is 11.3 Å². The molecule has 0 fully saturated rings. The van der Waals surface area contributed by atoms with Crippen LogP contribution in [0.2, 0.25) is 0 Å². The number of fused-ring (bicyclic) bond motifs is 1. The van der Waals surface area contributed by atoms with Gasteiger partial charge in [0.1, 0.15) is 0 Å². The van der Waals surface area contributed by atoms with Gasteiger partial charge in [-0.25, -0.2) is 4.98 Å². The van der Waals surface area contributed by atoms with Gasteiger partial charge in [0.2, 0.25) is 0 Å². The Hall–Kier alpha value is -1.42. The number of ketones is 1. The molecule has 0 N–H and O–H groups in total. The summed E-state index contributed by atoms with van der Waals surface area (Å²) in [5, 5.41) is 3.29. The number of rotatable bonds is 3. The molecule has 0 saturated carbocycles. The van der Waals surface area contributed by atoms with E-state index < -0.39 is 0 Å². The lowest BCUT2D eigenvalue weighted by Crippen LogP contribution is -2.07. The van der Waals surface area contributed by atoms with Gasteiger partial charge in [0.05, 0.1) is 17.2 Å². The zero-order valence-corrected chi connectivity index (χ0v) is 11.3. The lowest BCUT2D eigenvalue weighted by Gasteiger charge is -2.07. The lowest BCUT2D eigenvalue weighted by atomic mass is 9.95. The van der Waals surface area contributed by atoms with E-state index >= 15 is 0 Å². The number of Topliss-reactive ketones (excluding diaryl/α,β-unsaturated/α-hetero) is 1. The van der Waals surface area contributed by atoms with Crippen LogP contribution in [0.4, 0.5) is 0 Å². The molecule has 18 heavy (non-hydrogen) atoms. The van der Waals surface area contributed by atoms with Gasteiger partial charge in [-0.2, -0.15) is 0 Å². The monoisotopic (exact) mass is 260 g/mol. The maximum atomic E-state index is 11.8. The maximum absolute atomic E-state index is 11.8. The van der Waals surface area contributed by atoms with E-state index in [0.717, 1.165) is 37.1 Å². The summed E-state index contributed by atoms with van der Waals surface area (Å²) in [4.78, 5) is 16.3. The first-order chi connectivity index (χ1) is 8.76. The first kappa shape index (κ1) is 11.7. The third kappa shape index (κ3) is 2.12. The molecular weight excluding hydrogens is 244 g/mol. The molecule has 2 aromatic rings. The standard InChI is InChI=1S/C14H16N2OS/c1-2-14-15-11(9-18-14)7-16-6-10-4-3-5-13(17)12(10)8-16/h6,8-9H,2-5,7H2,1H3. The van der Waals surface area contributed by atoms with Crippen molar-refractivity contribution in [1.29, 1.82) is 0 Å². The summed E-state index contributed by atoms with van der Waals surface area (Å²) in [6.45, 7) is 2.90. The average molecular weight is 260 g/mol. The molecule has 1 aliphatic carbocycles. The second-order valence-corrected chi connectivity index (χ2v) is 5.67. The minimum absolute atomic E-state index is 0.294. The summed E-state index contributed by atoms with van der Waals surface area (Å²) in [5.74, 6) is 0.294. The molecule has 0 bridgehead atoms. The van der Waals surface area contributed by atoms with Crippen molar-refractivity contribution in [1.82, 2.24) is 9.55 Å². The molecule has 0 atom stereocenters. The molecular formula is C14H16N2OS. The normalized spacial score (nSPS) is 14.8. The number of carbonyl (C=O) groups excluding carboxylic acids is 1. The minimum Gasteiger partial charge on any atom is -0.347 e. The predicted octanol–water partition coefficient (Wildman–Crippen LogP) is 3.07. The fraction of sp³-hybridized carbons (Fsp3) is 0.429. The maximum Gasteiger partial charge on any atom is 0.164 e. The van der Waals surface area contributed by atoms with Gasteiger partial charge >= 0.3 is 0 Å². The number of hydrogen-bond acceptors (Lipinski definition) is 3. The van der Waals surface area contributed by atoms with E-state index in [0.29, 0.717) is 12.2 Å². The van der Waals surface area contributed by atoms with Crippen molar-refractivity contribution in [3.63, 3.8) is 0 Å². The van der Waals surface area contributed by atoms with Gasteiger partial charge in [-0.3, -0.25) is 4.79 Å². The van der Waals surface area contributed by atoms with Crippen LogP contribution in [0.5, 0.6) is 0 Å². The molecule has 0 radical (unpaired) electrons. The number of carbonyl (C=O) groups is 1. The molecule has 4 heteroatoms. The molecule has 0 saturated heterocycles. The zero-order valence-electron chi connectivity index (χ0n) is 10.5. The molecule has 2 heterocycles. The van der Waals surface area contributed by atoms with Crippen LogP contribution in [-0.4, -0.2) is 15.3 Å². The summed E-state index contributed by atoms with van der Waals surface area (Å²) in [6, 6.07) is 0. The van der Waals surface area contributed by atoms with E-state index in [4.69, 9.17) is 0 Å². The van der Waals surface area contributed by atoms with E-state index in [1.54, 1.807) is 11.3 Å². The van der Waals surface area contributed by atoms with Crippen LogP contribution in [0.25, 0.3) is 0 Å². The summed E-state index contributed by atoms with van der Waals surface area (Å²) in [6.07, 6.45) is 7.82. The second kappa shape index (κ2) is 4.69. The van der Waals surface area contributed by atoms with E-state index in [2.05, 4.69) is 28.1 Å². The van der Waals surface area contributed by atoms with Crippen LogP contribution >= 0.6 is 11.3 Å². The van der Waals surface area contributed by atoms with Gasteiger partial charge in [-0.1, -0.05) is 6.92 Å². The molecule has 0 spiro atoms. The highest BCUT2D eigenvalue weighted by molar-refractivity contribution is 7.09. The van der Waals surface area contributed by atoms with Crippen LogP contribution in [0, 0.1) is 0 Å². The number of aryl methyl sites for hydroxylation is 2. The van der Waals surface area contributed by atoms with Gasteiger partial charge < -0.3 is 4.57 Å². The van der Waals surface area contributed by atoms with Crippen molar-refractivity contribution in [2.45, 2.75) is 39.2 Å². The highest BCUT2D eigenvalue weighted by atomic mass is 32.1. The van der Waals surface area contributed by atoms with Crippen LogP contribution in [0.15, 0.2) is 17.8 Å². The molecule has 94 valence electrons. The Balaban J connectivity index is 1.83. The largest absolute Gasteiger partial charge is 0.347 e. The van der Waals surface area contributed by atoms with E-state index in [1.165, 1.54) is 10.6 Å². The Morgan fingerprint density at radius 1 is 1.39 bits per heavy atom. The third-order valence-corrected chi connectivity index (χ3v) is 4.40. The van der Waals surface area contributed by atoms with Crippen molar-refractivity contribution >= 4 is 17.1 Å². The van der Waals surface area contributed by atoms with E-state index in [1.807, 2.05) is 6.20 Å². The third-order valence-electron chi connectivity index (χ3n) is 3.36. The zero-order chi connectivity index (χ0) is 12.5. The lowest BCUT2D eigenvalue weighted by molar-refractivity contribution is 0.0973. The number of aromatic nitrogens is 2. The molecule has 0 amide bonds. The summed E-state index contributed by atoms with van der Waals surface area (Å²) >= 11 is 1.71. The van der Waals surface area contributed by atoms with Gasteiger partial charge in [-0.05, 0) is 24.8 Å². The van der Waals surface area contributed by atoms with Crippen molar-refractivity contribution < 1.29 is 4.79 Å². The first-order valence-electron chi connectivity index (χ1n) is 6.41. The van der Waals surface area contributed by atoms with E-state index in [-0.39, 0.29) is 0 Å². The average Bonchev–Trinajstić information content (AvgIpc) is 2.96. The SMILES string of the molecule is CCc1nc(Cn2cc3c(c2)C(=O)CCC3)cs1. The molecule has 0 unspecified atom stereocenters. The number of hydrogen-bond donors (Lipinski definition) is 0. The number of thiazole rings is 1. The van der Waals surface area contributed by atoms with Crippen molar-refractivity contribution in [3.8, 4) is 0 Å². The molecule has 3 rings (SSSR count). The quantitative estimate of drug-likeness (QED) is 0.850. The Kier molecular flexibility index (Phi) is 3.04. The van der Waals surface area contributed by atoms with Gasteiger partial charge in [0.25, 0.3) is 0 Å². The van der Waals surface area contributed by atoms with Crippen molar-refractivity contribution in [2.24, 2.45) is 0 Å². The van der Waals surface area contributed by atoms with Gasteiger partial charge in [0, 0.05) is 29.8 Å². The van der Waals surface area contributed by atoms with Crippen molar-refractivity contribution in [2.75, 3.05) is 0 Å². The first-order valence-corrected chi connectivity index (χ1v) is 7.29. The number of nitrogens with zero attached hydrogens (tertiary/aromatic N) is 2.